The normalized spacial score (nSPS) is 20.2. The van der Waals surface area contributed by atoms with Crippen LogP contribution in [0.15, 0.2) is 9.98 Å². The van der Waals surface area contributed by atoms with Crippen LogP contribution >= 0.6 is 0 Å². The third-order valence-electron chi connectivity index (χ3n) is 10.3. The number of hydrogen-bond acceptors (Lipinski definition) is 4. The third-order valence-corrected chi connectivity index (χ3v) is 10.3. The van der Waals surface area contributed by atoms with E-state index in [-0.39, 0.29) is 0 Å². The van der Waals surface area contributed by atoms with Gasteiger partial charge in [0, 0.05) is 0 Å². The first-order valence-corrected chi connectivity index (χ1v) is 18.9. The Morgan fingerprint density at radius 1 is 0.429 bits per heavy atom. The van der Waals surface area contributed by atoms with Gasteiger partial charge in [0.15, 0.2) is 0 Å². The highest BCUT2D eigenvalue weighted by molar-refractivity contribution is 5.32. The number of isocyanates is 2. The molecule has 1 aliphatic rings. The molecule has 4 nitrogen and oxygen atoms in total. The predicted octanol–water partition coefficient (Wildman–Crippen LogP) is 12.1. The average molecular weight is 587 g/mol. The highest BCUT2D eigenvalue weighted by atomic mass is 16.1. The van der Waals surface area contributed by atoms with Crippen molar-refractivity contribution in [3.8, 4) is 0 Å². The molecule has 42 heavy (non-hydrogen) atoms. The quantitative estimate of drug-likeness (QED) is 0.0477. The van der Waals surface area contributed by atoms with Gasteiger partial charge in [0.25, 0.3) is 0 Å². The summed E-state index contributed by atoms with van der Waals surface area (Å²) < 4.78 is 0. The van der Waals surface area contributed by atoms with E-state index in [1.165, 1.54) is 167 Å². The smallest absolute Gasteiger partial charge is 0.211 e. The molecular weight excluding hydrogens is 516 g/mol. The standard InChI is InChI=1S/C38H70N2O2/c1-3-5-7-14-21-27-37-35(25-19-6-4-2)29-30-36(26-20-15-10-8-12-17-23-31-39-33-41)38(37)28-22-16-11-9-13-18-24-32-40-34-42/h35-38H,3-32H2,1-2H3/t35-,36+,37-,38+/m1/s1. The molecule has 1 aliphatic carbocycles. The van der Waals surface area contributed by atoms with Crippen molar-refractivity contribution in [2.75, 3.05) is 13.1 Å². The molecule has 0 aromatic rings. The number of aliphatic imine (C=N–C) groups is 2. The molecule has 0 amide bonds. The fourth-order valence-corrected chi connectivity index (χ4v) is 7.84. The monoisotopic (exact) mass is 587 g/mol. The van der Waals surface area contributed by atoms with Gasteiger partial charge >= 0.3 is 0 Å². The summed E-state index contributed by atoms with van der Waals surface area (Å²) in [6.45, 7) is 6.00. The van der Waals surface area contributed by atoms with E-state index in [9.17, 15) is 9.59 Å². The summed E-state index contributed by atoms with van der Waals surface area (Å²) in [5.74, 6) is 3.90. The predicted molar refractivity (Wildman–Crippen MR) is 181 cm³/mol. The summed E-state index contributed by atoms with van der Waals surface area (Å²) in [5, 5.41) is 0. The fourth-order valence-electron chi connectivity index (χ4n) is 7.84. The lowest BCUT2D eigenvalue weighted by Gasteiger charge is -2.44. The zero-order valence-electron chi connectivity index (χ0n) is 28.2. The molecule has 0 unspecified atom stereocenters. The van der Waals surface area contributed by atoms with Gasteiger partial charge in [-0.1, -0.05) is 155 Å². The van der Waals surface area contributed by atoms with Crippen LogP contribution in [-0.2, 0) is 9.59 Å². The van der Waals surface area contributed by atoms with E-state index >= 15 is 0 Å². The van der Waals surface area contributed by atoms with Gasteiger partial charge in [-0.15, -0.1) is 0 Å². The molecule has 0 spiro atoms. The summed E-state index contributed by atoms with van der Waals surface area (Å²) in [4.78, 5) is 27.8. The summed E-state index contributed by atoms with van der Waals surface area (Å²) in [5.41, 5.74) is 0. The van der Waals surface area contributed by atoms with Crippen LogP contribution in [0.4, 0.5) is 0 Å². The Hall–Kier alpha value is -1.24. The molecule has 0 saturated heterocycles. The Kier molecular flexibility index (Phi) is 27.5. The highest BCUT2D eigenvalue weighted by Gasteiger charge is 2.37. The molecule has 1 fully saturated rings. The van der Waals surface area contributed by atoms with Gasteiger partial charge in [-0.25, -0.2) is 19.6 Å². The Bertz CT molecular complexity index is 683. The van der Waals surface area contributed by atoms with E-state index in [4.69, 9.17) is 0 Å². The minimum atomic E-state index is 0.657. The number of hydrogen-bond donors (Lipinski definition) is 0. The molecule has 4 heteroatoms. The molecule has 0 aromatic carbocycles. The first kappa shape index (κ1) is 38.8. The summed E-state index contributed by atoms with van der Waals surface area (Å²) >= 11 is 0. The van der Waals surface area contributed by atoms with Crippen LogP contribution in [0.3, 0.4) is 0 Å². The molecule has 0 bridgehead atoms. The van der Waals surface area contributed by atoms with Crippen molar-refractivity contribution in [3.63, 3.8) is 0 Å². The van der Waals surface area contributed by atoms with Crippen LogP contribution in [0.5, 0.6) is 0 Å². The minimum Gasteiger partial charge on any atom is -0.211 e. The van der Waals surface area contributed by atoms with Crippen molar-refractivity contribution in [1.29, 1.82) is 0 Å². The number of rotatable bonds is 30. The van der Waals surface area contributed by atoms with Crippen LogP contribution in [-0.4, -0.2) is 25.2 Å². The van der Waals surface area contributed by atoms with E-state index in [0.29, 0.717) is 13.1 Å². The Morgan fingerprint density at radius 3 is 1.14 bits per heavy atom. The summed E-state index contributed by atoms with van der Waals surface area (Å²) in [6, 6.07) is 0. The van der Waals surface area contributed by atoms with Crippen molar-refractivity contribution in [3.05, 3.63) is 0 Å². The lowest BCUT2D eigenvalue weighted by atomic mass is 9.61. The molecule has 0 aromatic heterocycles. The van der Waals surface area contributed by atoms with Crippen molar-refractivity contribution >= 4 is 12.2 Å². The second-order valence-corrected chi connectivity index (χ2v) is 13.6. The SMILES string of the molecule is CCCCCCC[C@@H]1[C@H](CCCCC)CC[C@H](CCCCCCCCCN=C=O)[C@@H]1CCCCCCCCCN=C=O. The average Bonchev–Trinajstić information content (AvgIpc) is 3.00. The summed E-state index contributed by atoms with van der Waals surface area (Å²) in [7, 11) is 0. The van der Waals surface area contributed by atoms with Gasteiger partial charge in [-0.2, -0.15) is 0 Å². The molecule has 4 atom stereocenters. The van der Waals surface area contributed by atoms with Gasteiger partial charge in [0.2, 0.25) is 12.2 Å². The van der Waals surface area contributed by atoms with Crippen LogP contribution in [0.25, 0.3) is 0 Å². The van der Waals surface area contributed by atoms with Crippen molar-refractivity contribution in [2.24, 2.45) is 33.7 Å². The molecule has 1 saturated carbocycles. The number of nitrogens with zero attached hydrogens (tertiary/aromatic N) is 2. The zero-order valence-corrected chi connectivity index (χ0v) is 28.2. The molecule has 0 aliphatic heterocycles. The molecule has 244 valence electrons. The lowest BCUT2D eigenvalue weighted by molar-refractivity contribution is 0.0581. The highest BCUT2D eigenvalue weighted by Crippen LogP contribution is 2.47. The number of carbonyl (C=O) groups excluding carboxylic acids is 2. The van der Waals surface area contributed by atoms with E-state index < -0.39 is 0 Å². The first-order valence-electron chi connectivity index (χ1n) is 18.9. The zero-order chi connectivity index (χ0) is 30.4. The molecule has 0 heterocycles. The van der Waals surface area contributed by atoms with Crippen molar-refractivity contribution in [2.45, 2.75) is 194 Å². The van der Waals surface area contributed by atoms with Crippen LogP contribution in [0.2, 0.25) is 0 Å². The van der Waals surface area contributed by atoms with Gasteiger partial charge in [-0.3, -0.25) is 0 Å². The molecule has 1 rings (SSSR count). The lowest BCUT2D eigenvalue weighted by Crippen LogP contribution is -2.35. The van der Waals surface area contributed by atoms with E-state index in [1.807, 2.05) is 0 Å². The second kappa shape index (κ2) is 29.8. The van der Waals surface area contributed by atoms with Crippen LogP contribution in [0.1, 0.15) is 194 Å². The van der Waals surface area contributed by atoms with Gasteiger partial charge < -0.3 is 0 Å². The Labute approximate surface area is 261 Å². The summed E-state index contributed by atoms with van der Waals surface area (Å²) in [6.07, 6.45) is 41.7. The van der Waals surface area contributed by atoms with E-state index in [1.54, 1.807) is 12.2 Å². The maximum atomic E-state index is 10.2. The van der Waals surface area contributed by atoms with Crippen molar-refractivity contribution in [1.82, 2.24) is 0 Å². The third kappa shape index (κ3) is 20.6. The maximum absolute atomic E-state index is 10.2. The molecular formula is C38H70N2O2. The fraction of sp³-hybridized carbons (Fsp3) is 0.947. The van der Waals surface area contributed by atoms with Crippen LogP contribution in [0, 0.1) is 23.7 Å². The Balaban J connectivity index is 2.60. The van der Waals surface area contributed by atoms with E-state index in [2.05, 4.69) is 23.8 Å². The minimum absolute atomic E-state index is 0.657. The molecule has 0 N–H and O–H groups in total. The largest absolute Gasteiger partial charge is 0.234 e. The van der Waals surface area contributed by atoms with Gasteiger partial charge in [0.1, 0.15) is 0 Å². The first-order chi connectivity index (χ1) is 20.8. The van der Waals surface area contributed by atoms with Crippen molar-refractivity contribution < 1.29 is 9.59 Å². The van der Waals surface area contributed by atoms with Gasteiger partial charge in [-0.05, 0) is 62.2 Å². The topological polar surface area (TPSA) is 58.9 Å². The van der Waals surface area contributed by atoms with Crippen LogP contribution < -0.4 is 0 Å². The second-order valence-electron chi connectivity index (χ2n) is 13.6. The molecule has 0 radical (unpaired) electrons. The number of unbranched alkanes of at least 4 members (excludes halogenated alkanes) is 18. The van der Waals surface area contributed by atoms with Gasteiger partial charge in [0.05, 0.1) is 13.1 Å². The Morgan fingerprint density at radius 2 is 0.738 bits per heavy atom. The maximum Gasteiger partial charge on any atom is 0.234 e. The van der Waals surface area contributed by atoms with E-state index in [0.717, 1.165) is 36.5 Å².